The summed E-state index contributed by atoms with van der Waals surface area (Å²) in [5.74, 6) is -0.0227. The Labute approximate surface area is 123 Å². The van der Waals surface area contributed by atoms with Gasteiger partial charge in [-0.25, -0.2) is 4.68 Å². The van der Waals surface area contributed by atoms with Gasteiger partial charge in [-0.3, -0.25) is 4.79 Å². The van der Waals surface area contributed by atoms with Crippen molar-refractivity contribution in [2.75, 3.05) is 5.32 Å². The second-order valence-corrected chi connectivity index (χ2v) is 5.16. The molecule has 1 heterocycles. The van der Waals surface area contributed by atoms with E-state index in [1.807, 2.05) is 39.0 Å². The molecule has 2 atom stereocenters. The van der Waals surface area contributed by atoms with Crippen LogP contribution >= 0.6 is 0 Å². The lowest BCUT2D eigenvalue weighted by molar-refractivity contribution is -0.118. The molecule has 0 aliphatic carbocycles. The molecule has 1 aromatic heterocycles. The van der Waals surface area contributed by atoms with E-state index in [9.17, 15) is 4.79 Å². The summed E-state index contributed by atoms with van der Waals surface area (Å²) in [6.45, 7) is 5.92. The second kappa shape index (κ2) is 6.45. The van der Waals surface area contributed by atoms with Crippen molar-refractivity contribution in [3.63, 3.8) is 0 Å². The molecule has 7 heteroatoms. The second-order valence-electron chi connectivity index (χ2n) is 5.16. The van der Waals surface area contributed by atoms with Crippen molar-refractivity contribution >= 4 is 11.6 Å². The number of amides is 1. The van der Waals surface area contributed by atoms with Crippen LogP contribution in [-0.2, 0) is 4.79 Å². The van der Waals surface area contributed by atoms with Crippen molar-refractivity contribution in [1.82, 2.24) is 20.2 Å². The maximum absolute atomic E-state index is 12.1. The van der Waals surface area contributed by atoms with Crippen molar-refractivity contribution < 1.29 is 4.79 Å². The van der Waals surface area contributed by atoms with Gasteiger partial charge in [0.15, 0.2) is 0 Å². The Morgan fingerprint density at radius 2 is 2.24 bits per heavy atom. The van der Waals surface area contributed by atoms with E-state index in [2.05, 4.69) is 20.8 Å². The molecule has 2 unspecified atom stereocenters. The Balaban J connectivity index is 2.12. The number of tetrazole rings is 1. The van der Waals surface area contributed by atoms with Gasteiger partial charge in [0.05, 0.1) is 11.7 Å². The van der Waals surface area contributed by atoms with E-state index < -0.39 is 6.04 Å². The molecule has 0 saturated heterocycles. The summed E-state index contributed by atoms with van der Waals surface area (Å²) in [7, 11) is 0. The average Bonchev–Trinajstić information content (AvgIpc) is 2.99. The largest absolute Gasteiger partial charge is 0.325 e. The smallest absolute Gasteiger partial charge is 0.241 e. The molecule has 0 bridgehead atoms. The maximum atomic E-state index is 12.1. The van der Waals surface area contributed by atoms with Crippen LogP contribution in [0.5, 0.6) is 0 Å². The van der Waals surface area contributed by atoms with Crippen LogP contribution in [0.2, 0.25) is 0 Å². The van der Waals surface area contributed by atoms with Gasteiger partial charge >= 0.3 is 0 Å². The van der Waals surface area contributed by atoms with Crippen LogP contribution < -0.4 is 11.1 Å². The minimum atomic E-state index is -0.505. The average molecular weight is 288 g/mol. The predicted molar refractivity (Wildman–Crippen MR) is 80.0 cm³/mol. The number of carbonyl (C=O) groups is 1. The number of benzene rings is 1. The summed E-state index contributed by atoms with van der Waals surface area (Å²) < 4.78 is 1.58. The highest BCUT2D eigenvalue weighted by Gasteiger charge is 2.19. The Hall–Kier alpha value is -2.28. The lowest BCUT2D eigenvalue weighted by Crippen LogP contribution is -2.40. The zero-order valence-corrected chi connectivity index (χ0v) is 12.4. The molecular weight excluding hydrogens is 268 g/mol. The third-order valence-electron chi connectivity index (χ3n) is 3.62. The molecule has 0 aliphatic rings. The minimum Gasteiger partial charge on any atom is -0.325 e. The monoisotopic (exact) mass is 288 g/mol. The van der Waals surface area contributed by atoms with Gasteiger partial charge < -0.3 is 11.1 Å². The summed E-state index contributed by atoms with van der Waals surface area (Å²) >= 11 is 0. The van der Waals surface area contributed by atoms with Gasteiger partial charge in [0.2, 0.25) is 5.91 Å². The summed E-state index contributed by atoms with van der Waals surface area (Å²) in [6, 6.07) is 5.04. The third-order valence-corrected chi connectivity index (χ3v) is 3.62. The predicted octanol–water partition coefficient (Wildman–Crippen LogP) is 1.28. The van der Waals surface area contributed by atoms with Crippen LogP contribution in [0.3, 0.4) is 0 Å². The molecule has 0 fully saturated rings. The molecule has 7 nitrogen and oxygen atoms in total. The van der Waals surface area contributed by atoms with Gasteiger partial charge in [-0.2, -0.15) is 0 Å². The number of carbonyl (C=O) groups excluding carboxylic acids is 1. The van der Waals surface area contributed by atoms with Crippen LogP contribution in [0, 0.1) is 12.8 Å². The van der Waals surface area contributed by atoms with Crippen molar-refractivity contribution in [1.29, 1.82) is 0 Å². The lowest BCUT2D eigenvalue weighted by Gasteiger charge is -2.18. The molecule has 1 aromatic carbocycles. The van der Waals surface area contributed by atoms with Crippen LogP contribution in [0.1, 0.15) is 25.8 Å². The first-order valence-electron chi connectivity index (χ1n) is 6.93. The molecule has 0 radical (unpaired) electrons. The normalized spacial score (nSPS) is 13.7. The number of nitrogens with zero attached hydrogens (tertiary/aromatic N) is 4. The van der Waals surface area contributed by atoms with Gasteiger partial charge in [0.1, 0.15) is 6.33 Å². The highest BCUT2D eigenvalue weighted by atomic mass is 16.2. The molecule has 0 saturated carbocycles. The van der Waals surface area contributed by atoms with Gasteiger partial charge in [0, 0.05) is 5.69 Å². The number of hydrogen-bond donors (Lipinski definition) is 2. The first kappa shape index (κ1) is 15.1. The molecule has 0 aliphatic heterocycles. The molecular formula is C14H20N6O. The fourth-order valence-electron chi connectivity index (χ4n) is 2.00. The fraction of sp³-hybridized carbons (Fsp3) is 0.429. The van der Waals surface area contributed by atoms with Crippen molar-refractivity contribution in [3.05, 3.63) is 30.1 Å². The van der Waals surface area contributed by atoms with E-state index in [4.69, 9.17) is 5.73 Å². The van der Waals surface area contributed by atoms with Crippen LogP contribution in [-0.4, -0.2) is 32.2 Å². The molecule has 21 heavy (non-hydrogen) atoms. The van der Waals surface area contributed by atoms with Gasteiger partial charge in [0.25, 0.3) is 0 Å². The van der Waals surface area contributed by atoms with Crippen molar-refractivity contribution in [2.24, 2.45) is 11.7 Å². The Morgan fingerprint density at radius 3 is 2.81 bits per heavy atom. The standard InChI is InChI=1S/C14H20N6O/c1-4-9(2)13(15)14(21)17-11-5-6-12(10(3)7-11)20-8-16-18-19-20/h5-9,13H,4,15H2,1-3H3,(H,17,21). The first-order valence-corrected chi connectivity index (χ1v) is 6.93. The number of aryl methyl sites for hydroxylation is 1. The number of nitrogens with one attached hydrogen (secondary N) is 1. The zero-order valence-electron chi connectivity index (χ0n) is 12.4. The third kappa shape index (κ3) is 3.43. The van der Waals surface area contributed by atoms with E-state index in [1.165, 1.54) is 6.33 Å². The molecule has 1 amide bonds. The summed E-state index contributed by atoms with van der Waals surface area (Å²) in [5, 5.41) is 13.9. The number of anilines is 1. The van der Waals surface area contributed by atoms with E-state index in [-0.39, 0.29) is 11.8 Å². The number of hydrogen-bond acceptors (Lipinski definition) is 5. The van der Waals surface area contributed by atoms with Gasteiger partial charge in [-0.1, -0.05) is 20.3 Å². The van der Waals surface area contributed by atoms with E-state index in [1.54, 1.807) is 4.68 Å². The molecule has 0 spiro atoms. The molecule has 2 rings (SSSR count). The lowest BCUT2D eigenvalue weighted by atomic mass is 9.99. The Morgan fingerprint density at radius 1 is 1.48 bits per heavy atom. The highest BCUT2D eigenvalue weighted by Crippen LogP contribution is 2.18. The number of rotatable bonds is 5. The molecule has 112 valence electrons. The van der Waals surface area contributed by atoms with E-state index in [0.29, 0.717) is 5.69 Å². The zero-order chi connectivity index (χ0) is 15.4. The maximum Gasteiger partial charge on any atom is 0.241 e. The highest BCUT2D eigenvalue weighted by molar-refractivity contribution is 5.95. The number of aromatic nitrogens is 4. The van der Waals surface area contributed by atoms with E-state index >= 15 is 0 Å². The summed E-state index contributed by atoms with van der Waals surface area (Å²) in [4.78, 5) is 12.1. The molecule has 2 aromatic rings. The fourth-order valence-corrected chi connectivity index (χ4v) is 2.00. The first-order chi connectivity index (χ1) is 10.0. The van der Waals surface area contributed by atoms with Crippen LogP contribution in [0.4, 0.5) is 5.69 Å². The van der Waals surface area contributed by atoms with Gasteiger partial charge in [-0.05, 0) is 47.0 Å². The summed E-state index contributed by atoms with van der Waals surface area (Å²) in [6.07, 6.45) is 2.39. The number of nitrogens with two attached hydrogens (primary N) is 1. The van der Waals surface area contributed by atoms with Crippen LogP contribution in [0.15, 0.2) is 24.5 Å². The van der Waals surface area contributed by atoms with Crippen LogP contribution in [0.25, 0.3) is 5.69 Å². The summed E-state index contributed by atoms with van der Waals surface area (Å²) in [5.41, 5.74) is 8.46. The molecule has 3 N–H and O–H groups in total. The van der Waals surface area contributed by atoms with Crippen molar-refractivity contribution in [3.8, 4) is 5.69 Å². The minimum absolute atomic E-state index is 0.145. The van der Waals surface area contributed by atoms with Crippen molar-refractivity contribution in [2.45, 2.75) is 33.2 Å². The topological polar surface area (TPSA) is 98.7 Å². The Bertz CT molecular complexity index is 610. The van der Waals surface area contributed by atoms with Gasteiger partial charge in [-0.15, -0.1) is 5.10 Å². The Kier molecular flexibility index (Phi) is 4.64. The SMILES string of the molecule is CCC(C)C(N)C(=O)Nc1ccc(-n2cnnn2)c(C)c1. The quantitative estimate of drug-likeness (QED) is 0.863. The van der Waals surface area contributed by atoms with E-state index in [0.717, 1.165) is 17.7 Å².